The van der Waals surface area contributed by atoms with E-state index in [9.17, 15) is 4.79 Å². The second-order valence-electron chi connectivity index (χ2n) is 4.22. The van der Waals surface area contributed by atoms with Crippen LogP contribution in [0.15, 0.2) is 29.6 Å². The van der Waals surface area contributed by atoms with Gasteiger partial charge in [-0.2, -0.15) is 0 Å². The molecular formula is C14H13N3O2S2. The van der Waals surface area contributed by atoms with E-state index < -0.39 is 0 Å². The minimum absolute atomic E-state index is 0.110. The third-order valence-electron chi connectivity index (χ3n) is 2.95. The second kappa shape index (κ2) is 5.71. The number of anilines is 2. The van der Waals surface area contributed by atoms with Crippen LogP contribution in [0.4, 0.5) is 10.1 Å². The van der Waals surface area contributed by atoms with Gasteiger partial charge < -0.3 is 15.4 Å². The topological polar surface area (TPSA) is 63.2 Å². The number of benzene rings is 1. The molecule has 0 saturated heterocycles. The molecule has 0 aliphatic carbocycles. The van der Waals surface area contributed by atoms with E-state index in [0.29, 0.717) is 5.56 Å². The molecule has 1 amide bonds. The summed E-state index contributed by atoms with van der Waals surface area (Å²) < 4.78 is 6.25. The molecule has 0 atom stereocenters. The number of methoxy groups -OCH3 is 1. The first kappa shape index (κ1) is 13.8. The van der Waals surface area contributed by atoms with E-state index in [0.717, 1.165) is 26.1 Å². The number of nitrogens with one attached hydrogen (secondary N) is 2. The highest BCUT2D eigenvalue weighted by Gasteiger charge is 2.13. The summed E-state index contributed by atoms with van der Waals surface area (Å²) in [6.45, 7) is 0. The minimum Gasteiger partial charge on any atom is -0.497 e. The van der Waals surface area contributed by atoms with Gasteiger partial charge in [-0.15, -0.1) is 11.3 Å². The Bertz CT molecular complexity index is 794. The van der Waals surface area contributed by atoms with Crippen molar-refractivity contribution in [3.63, 3.8) is 0 Å². The summed E-state index contributed by atoms with van der Waals surface area (Å²) >= 11 is 3.00. The van der Waals surface area contributed by atoms with Gasteiger partial charge in [-0.3, -0.25) is 4.79 Å². The minimum atomic E-state index is -0.110. The Labute approximate surface area is 129 Å². The van der Waals surface area contributed by atoms with Crippen LogP contribution in [-0.2, 0) is 0 Å². The van der Waals surface area contributed by atoms with Crippen molar-refractivity contribution in [3.8, 4) is 5.75 Å². The summed E-state index contributed by atoms with van der Waals surface area (Å²) in [5.74, 6) is 0.696. The van der Waals surface area contributed by atoms with Gasteiger partial charge in [-0.1, -0.05) is 11.3 Å². The number of thiazole rings is 1. The summed E-state index contributed by atoms with van der Waals surface area (Å²) in [5, 5.41) is 9.27. The van der Waals surface area contributed by atoms with Crippen molar-refractivity contribution in [2.24, 2.45) is 0 Å². The molecular weight excluding hydrogens is 306 g/mol. The van der Waals surface area contributed by atoms with E-state index >= 15 is 0 Å². The van der Waals surface area contributed by atoms with Crippen molar-refractivity contribution in [2.75, 3.05) is 19.5 Å². The fourth-order valence-electron chi connectivity index (χ4n) is 1.90. The molecule has 0 aliphatic heterocycles. The molecule has 0 bridgehead atoms. The third kappa shape index (κ3) is 2.70. The Morgan fingerprint density at radius 1 is 1.33 bits per heavy atom. The zero-order chi connectivity index (χ0) is 14.8. The quantitative estimate of drug-likeness (QED) is 0.773. The highest BCUT2D eigenvalue weighted by Crippen LogP contribution is 2.33. The maximum atomic E-state index is 11.8. The summed E-state index contributed by atoms with van der Waals surface area (Å²) in [5.41, 5.74) is 1.53. The summed E-state index contributed by atoms with van der Waals surface area (Å²) in [6, 6.07) is 7.55. The Hall–Kier alpha value is -2.12. The Morgan fingerprint density at radius 3 is 2.95 bits per heavy atom. The molecule has 0 spiro atoms. The molecule has 0 radical (unpaired) electrons. The van der Waals surface area contributed by atoms with E-state index in [4.69, 9.17) is 4.74 Å². The number of carbonyl (C=O) groups is 1. The Balaban J connectivity index is 1.91. The third-order valence-corrected chi connectivity index (χ3v) is 4.72. The molecule has 0 fully saturated rings. The largest absolute Gasteiger partial charge is 0.497 e. The average Bonchev–Trinajstić information content (AvgIpc) is 3.11. The fourth-order valence-corrected chi connectivity index (χ4v) is 3.65. The predicted octanol–water partition coefficient (Wildman–Crippen LogP) is 3.47. The van der Waals surface area contributed by atoms with Gasteiger partial charge in [0.05, 0.1) is 22.9 Å². The normalized spacial score (nSPS) is 10.6. The van der Waals surface area contributed by atoms with Crippen molar-refractivity contribution < 1.29 is 9.53 Å². The van der Waals surface area contributed by atoms with Crippen LogP contribution in [0, 0.1) is 0 Å². The van der Waals surface area contributed by atoms with Gasteiger partial charge in [0, 0.05) is 7.05 Å². The van der Waals surface area contributed by atoms with E-state index in [-0.39, 0.29) is 5.91 Å². The lowest BCUT2D eigenvalue weighted by atomic mass is 10.3. The summed E-state index contributed by atoms with van der Waals surface area (Å²) in [4.78, 5) is 16.3. The number of aromatic nitrogens is 1. The summed E-state index contributed by atoms with van der Waals surface area (Å²) in [7, 11) is 3.26. The number of rotatable bonds is 4. The number of carbonyl (C=O) groups excluding carboxylic acids is 1. The molecule has 2 heterocycles. The van der Waals surface area contributed by atoms with Crippen molar-refractivity contribution in [3.05, 3.63) is 35.2 Å². The lowest BCUT2D eigenvalue weighted by Crippen LogP contribution is -2.17. The van der Waals surface area contributed by atoms with Gasteiger partial charge in [0.25, 0.3) is 5.91 Å². The number of fused-ring (bicyclic) bond motifs is 1. The average molecular weight is 319 g/mol. The zero-order valence-electron chi connectivity index (χ0n) is 11.5. The van der Waals surface area contributed by atoms with E-state index in [1.165, 1.54) is 22.7 Å². The molecule has 0 aliphatic rings. The van der Waals surface area contributed by atoms with E-state index in [1.54, 1.807) is 20.2 Å². The highest BCUT2D eigenvalue weighted by atomic mass is 32.1. The first-order chi connectivity index (χ1) is 10.2. The second-order valence-corrected chi connectivity index (χ2v) is 6.17. The van der Waals surface area contributed by atoms with E-state index in [1.807, 2.05) is 23.6 Å². The smallest absolute Gasteiger partial charge is 0.254 e. The maximum absolute atomic E-state index is 11.8. The van der Waals surface area contributed by atoms with Gasteiger partial charge in [0.1, 0.15) is 10.8 Å². The van der Waals surface area contributed by atoms with Crippen LogP contribution >= 0.6 is 22.7 Å². The zero-order valence-corrected chi connectivity index (χ0v) is 13.1. The molecule has 2 aromatic heterocycles. The van der Waals surface area contributed by atoms with Gasteiger partial charge >= 0.3 is 0 Å². The number of nitrogens with zero attached hydrogens (tertiary/aromatic N) is 1. The van der Waals surface area contributed by atoms with Crippen LogP contribution in [0.1, 0.15) is 10.4 Å². The van der Waals surface area contributed by atoms with Crippen LogP contribution in [0.5, 0.6) is 5.75 Å². The molecule has 108 valence electrons. The van der Waals surface area contributed by atoms with Crippen LogP contribution < -0.4 is 15.4 Å². The standard InChI is InChI=1S/C14H13N3O2S2/c1-15-12(18)9-5-6-20-13(9)17-14-16-10-4-3-8(19-2)7-11(10)21-14/h3-7H,1-2H3,(H,15,18)(H,16,17). The van der Waals surface area contributed by atoms with Gasteiger partial charge in [0.15, 0.2) is 5.13 Å². The number of amides is 1. The van der Waals surface area contributed by atoms with Crippen LogP contribution in [0.25, 0.3) is 10.2 Å². The van der Waals surface area contributed by atoms with Gasteiger partial charge in [-0.25, -0.2) is 4.98 Å². The van der Waals surface area contributed by atoms with Crippen LogP contribution in [0.3, 0.4) is 0 Å². The van der Waals surface area contributed by atoms with Gasteiger partial charge in [0.2, 0.25) is 0 Å². The number of hydrogen-bond acceptors (Lipinski definition) is 6. The molecule has 0 unspecified atom stereocenters. The number of thiophene rings is 1. The highest BCUT2D eigenvalue weighted by molar-refractivity contribution is 7.22. The van der Waals surface area contributed by atoms with Crippen molar-refractivity contribution in [1.29, 1.82) is 0 Å². The predicted molar refractivity (Wildman–Crippen MR) is 87.2 cm³/mol. The first-order valence-corrected chi connectivity index (χ1v) is 7.92. The lowest BCUT2D eigenvalue weighted by Gasteiger charge is -2.02. The molecule has 7 heteroatoms. The van der Waals surface area contributed by atoms with Crippen molar-refractivity contribution in [2.45, 2.75) is 0 Å². The van der Waals surface area contributed by atoms with Crippen LogP contribution in [-0.4, -0.2) is 25.0 Å². The van der Waals surface area contributed by atoms with Gasteiger partial charge in [-0.05, 0) is 29.6 Å². The Kier molecular flexibility index (Phi) is 3.76. The van der Waals surface area contributed by atoms with Crippen LogP contribution in [0.2, 0.25) is 0 Å². The molecule has 3 aromatic rings. The number of ether oxygens (including phenoxy) is 1. The maximum Gasteiger partial charge on any atom is 0.254 e. The molecule has 0 saturated carbocycles. The van der Waals surface area contributed by atoms with Crippen molar-refractivity contribution >= 4 is 48.9 Å². The first-order valence-electron chi connectivity index (χ1n) is 6.22. The number of hydrogen-bond donors (Lipinski definition) is 2. The molecule has 1 aromatic carbocycles. The Morgan fingerprint density at radius 2 is 2.19 bits per heavy atom. The molecule has 21 heavy (non-hydrogen) atoms. The summed E-state index contributed by atoms with van der Waals surface area (Å²) in [6.07, 6.45) is 0. The monoisotopic (exact) mass is 319 g/mol. The lowest BCUT2D eigenvalue weighted by molar-refractivity contribution is 0.0964. The van der Waals surface area contributed by atoms with Crippen molar-refractivity contribution in [1.82, 2.24) is 10.3 Å². The molecule has 5 nitrogen and oxygen atoms in total. The molecule has 3 rings (SSSR count). The fraction of sp³-hybridized carbons (Fsp3) is 0.143. The molecule has 2 N–H and O–H groups in total. The van der Waals surface area contributed by atoms with E-state index in [2.05, 4.69) is 15.6 Å². The SMILES string of the molecule is CNC(=O)c1ccsc1Nc1nc2ccc(OC)cc2s1.